The van der Waals surface area contributed by atoms with Crippen molar-refractivity contribution in [1.82, 2.24) is 9.97 Å². The van der Waals surface area contributed by atoms with E-state index in [1.807, 2.05) is 0 Å². The Morgan fingerprint density at radius 1 is 0.221 bits per heavy atom. The van der Waals surface area contributed by atoms with Gasteiger partial charge in [-0.05, 0) is 116 Å². The highest BCUT2D eigenvalue weighted by atomic mass is 14.9. The Balaban J connectivity index is 1.03. The number of nitrogens with zero attached hydrogens (tertiary/aromatic N) is 2. The summed E-state index contributed by atoms with van der Waals surface area (Å²) in [6.45, 7) is 0. The van der Waals surface area contributed by atoms with Crippen molar-refractivity contribution < 1.29 is 0 Å². The van der Waals surface area contributed by atoms with Crippen LogP contribution < -0.4 is 0 Å². The molecule has 0 atom stereocenters. The second kappa shape index (κ2) is 15.3. The van der Waals surface area contributed by atoms with Gasteiger partial charge in [0.25, 0.3) is 0 Å². The molecule has 2 heteroatoms. The summed E-state index contributed by atoms with van der Waals surface area (Å²) in [6.07, 6.45) is 0. The number of fused-ring (bicyclic) bond motifs is 3. The summed E-state index contributed by atoms with van der Waals surface area (Å²) in [7, 11) is 0. The third-order valence-electron chi connectivity index (χ3n) is 14.2. The summed E-state index contributed by atoms with van der Waals surface area (Å²) in [4.78, 5) is 11.0. The van der Waals surface area contributed by atoms with Crippen LogP contribution in [0.3, 0.4) is 0 Å². The second-order valence-corrected chi connectivity index (χ2v) is 17.9. The quantitative estimate of drug-likeness (QED) is 0.149. The minimum absolute atomic E-state index is 0.711. The van der Waals surface area contributed by atoms with Crippen molar-refractivity contribution in [3.63, 3.8) is 0 Å². The molecule has 0 unspecified atom stereocenters. The molecule has 1 aromatic heterocycles. The molecule has 2 nitrogen and oxygen atoms in total. The summed E-state index contributed by atoms with van der Waals surface area (Å²) in [5, 5.41) is 9.92. The van der Waals surface area contributed by atoms with Crippen LogP contribution in [-0.4, -0.2) is 9.97 Å². The first-order chi connectivity index (χ1) is 33.7. The Morgan fingerprint density at radius 3 is 1.38 bits per heavy atom. The zero-order valence-electron chi connectivity index (χ0n) is 37.0. The Labute approximate surface area is 394 Å². The number of rotatable bonds is 7. The lowest BCUT2D eigenvalue weighted by atomic mass is 9.82. The molecule has 0 saturated heterocycles. The number of hydrogen-bond donors (Lipinski definition) is 0. The molecule has 0 fully saturated rings. The molecule has 12 aromatic carbocycles. The van der Waals surface area contributed by atoms with Gasteiger partial charge in [0.2, 0.25) is 0 Å². The van der Waals surface area contributed by atoms with E-state index in [2.05, 4.69) is 243 Å². The molecule has 13 aromatic rings. The number of hydrogen-bond acceptors (Lipinski definition) is 2. The van der Waals surface area contributed by atoms with Gasteiger partial charge in [0.15, 0.2) is 5.82 Å². The van der Waals surface area contributed by atoms with Crippen LogP contribution in [0.25, 0.3) is 144 Å². The minimum Gasteiger partial charge on any atom is -0.227 e. The predicted molar refractivity (Wildman–Crippen MR) is 286 cm³/mol. The molecular formula is C66H40N2. The van der Waals surface area contributed by atoms with E-state index in [1.54, 1.807) is 0 Å². The zero-order valence-corrected chi connectivity index (χ0v) is 37.0. The molecule has 1 aliphatic rings. The highest BCUT2D eigenvalue weighted by molar-refractivity contribution is 6.30. The van der Waals surface area contributed by atoms with Crippen LogP contribution in [0, 0.1) is 0 Å². The maximum atomic E-state index is 5.49. The summed E-state index contributed by atoms with van der Waals surface area (Å²) in [6, 6.07) is 88.3. The van der Waals surface area contributed by atoms with Gasteiger partial charge in [-0.2, -0.15) is 0 Å². The van der Waals surface area contributed by atoms with E-state index >= 15 is 0 Å². The smallest absolute Gasteiger partial charge is 0.160 e. The van der Waals surface area contributed by atoms with Crippen molar-refractivity contribution in [2.45, 2.75) is 0 Å². The van der Waals surface area contributed by atoms with Crippen molar-refractivity contribution >= 4 is 43.1 Å². The Hall–Kier alpha value is -8.98. The third kappa shape index (κ3) is 5.91. The summed E-state index contributed by atoms with van der Waals surface area (Å²) >= 11 is 0. The molecule has 0 saturated carbocycles. The Kier molecular flexibility index (Phi) is 8.62. The molecule has 0 spiro atoms. The molecule has 1 aliphatic carbocycles. The van der Waals surface area contributed by atoms with Crippen molar-refractivity contribution in [2.24, 2.45) is 0 Å². The predicted octanol–water partition coefficient (Wildman–Crippen LogP) is 17.8. The van der Waals surface area contributed by atoms with Crippen LogP contribution in [0.1, 0.15) is 0 Å². The summed E-state index contributed by atoms with van der Waals surface area (Å²) in [5.74, 6) is 0.711. The topological polar surface area (TPSA) is 25.8 Å². The van der Waals surface area contributed by atoms with Crippen molar-refractivity contribution in [3.05, 3.63) is 243 Å². The van der Waals surface area contributed by atoms with E-state index in [9.17, 15) is 0 Å². The van der Waals surface area contributed by atoms with Crippen LogP contribution in [0.15, 0.2) is 243 Å². The molecule has 68 heavy (non-hydrogen) atoms. The Morgan fingerprint density at radius 2 is 0.691 bits per heavy atom. The average Bonchev–Trinajstić information content (AvgIpc) is 3.75. The zero-order chi connectivity index (χ0) is 44.7. The van der Waals surface area contributed by atoms with Gasteiger partial charge in [0.1, 0.15) is 0 Å². The fourth-order valence-electron chi connectivity index (χ4n) is 11.2. The SMILES string of the molecule is c1ccc(-c2ccccc2-c2ccc3ccc4c(-c5ccccc5-c5ccccc5)cc(-c5cccc(-c6nc(-c7ccccc7)c7c(n6)-c6cccc8cccc-7c68)c5)c5ccc2c3c54)cc1. The highest BCUT2D eigenvalue weighted by Crippen LogP contribution is 2.52. The van der Waals surface area contributed by atoms with Crippen molar-refractivity contribution in [1.29, 1.82) is 0 Å². The van der Waals surface area contributed by atoms with Crippen LogP contribution in [0.5, 0.6) is 0 Å². The van der Waals surface area contributed by atoms with Gasteiger partial charge in [-0.1, -0.05) is 231 Å². The van der Waals surface area contributed by atoms with E-state index in [4.69, 9.17) is 9.97 Å². The van der Waals surface area contributed by atoms with Gasteiger partial charge < -0.3 is 0 Å². The molecule has 0 amide bonds. The van der Waals surface area contributed by atoms with Gasteiger partial charge in [-0.25, -0.2) is 9.97 Å². The third-order valence-corrected chi connectivity index (χ3v) is 14.2. The molecule has 0 aliphatic heterocycles. The minimum atomic E-state index is 0.711. The van der Waals surface area contributed by atoms with E-state index in [0.29, 0.717) is 5.82 Å². The van der Waals surface area contributed by atoms with E-state index in [1.165, 1.54) is 98.7 Å². The summed E-state index contributed by atoms with van der Waals surface area (Å²) < 4.78 is 0. The van der Waals surface area contributed by atoms with E-state index in [0.717, 1.165) is 39.2 Å². The lowest BCUT2D eigenvalue weighted by Crippen LogP contribution is -1.98. The summed E-state index contributed by atoms with van der Waals surface area (Å²) in [5.41, 5.74) is 19.4. The van der Waals surface area contributed by atoms with Gasteiger partial charge in [0, 0.05) is 22.3 Å². The molecule has 0 radical (unpaired) electrons. The van der Waals surface area contributed by atoms with Crippen LogP contribution >= 0.6 is 0 Å². The Bertz CT molecular complexity index is 4110. The lowest BCUT2D eigenvalue weighted by molar-refractivity contribution is 1.19. The maximum Gasteiger partial charge on any atom is 0.160 e. The van der Waals surface area contributed by atoms with Crippen LogP contribution in [-0.2, 0) is 0 Å². The van der Waals surface area contributed by atoms with Crippen molar-refractivity contribution in [3.8, 4) is 101 Å². The fourth-order valence-corrected chi connectivity index (χ4v) is 11.2. The highest BCUT2D eigenvalue weighted by Gasteiger charge is 2.28. The van der Waals surface area contributed by atoms with Gasteiger partial charge >= 0.3 is 0 Å². The van der Waals surface area contributed by atoms with E-state index < -0.39 is 0 Å². The average molecular weight is 861 g/mol. The first kappa shape index (κ1) is 38.3. The normalized spacial score (nSPS) is 11.8. The molecule has 314 valence electrons. The van der Waals surface area contributed by atoms with Gasteiger partial charge in [-0.3, -0.25) is 0 Å². The van der Waals surface area contributed by atoms with Crippen molar-refractivity contribution in [2.75, 3.05) is 0 Å². The van der Waals surface area contributed by atoms with Gasteiger partial charge in [0.05, 0.1) is 11.4 Å². The lowest BCUT2D eigenvalue weighted by Gasteiger charge is -2.21. The molecule has 1 heterocycles. The van der Waals surface area contributed by atoms with Crippen LogP contribution in [0.2, 0.25) is 0 Å². The first-order valence-corrected chi connectivity index (χ1v) is 23.4. The number of benzene rings is 12. The second-order valence-electron chi connectivity index (χ2n) is 17.9. The number of aromatic nitrogens is 2. The standard InChI is InChI=1S/C66H40N2/c1-4-17-41(18-5-1)48-27-10-12-29-50(48)52-35-33-44-34-36-55-59(51-30-13-11-28-49(51)42-19-6-2-7-20-42)40-58(54-38-37-53(52)61(44)62(54)55)46-25-14-26-47(39-46)66-67-64(45-21-8-3-9-22-45)63-56-31-15-23-43-24-16-32-57(60(43)56)65(63)68-66/h1-40H. The molecular weight excluding hydrogens is 821 g/mol. The molecule has 0 bridgehead atoms. The van der Waals surface area contributed by atoms with Gasteiger partial charge in [-0.15, -0.1) is 0 Å². The fraction of sp³-hybridized carbons (Fsp3) is 0. The maximum absolute atomic E-state index is 5.49. The van der Waals surface area contributed by atoms with E-state index in [-0.39, 0.29) is 0 Å². The monoisotopic (exact) mass is 860 g/mol. The molecule has 0 N–H and O–H groups in total. The molecule has 14 rings (SSSR count). The largest absolute Gasteiger partial charge is 0.227 e. The first-order valence-electron chi connectivity index (χ1n) is 23.4. The van der Waals surface area contributed by atoms with Crippen LogP contribution in [0.4, 0.5) is 0 Å².